The summed E-state index contributed by atoms with van der Waals surface area (Å²) in [5, 5.41) is 0. The molecule has 0 unspecified atom stereocenters. The van der Waals surface area contributed by atoms with E-state index in [1.54, 1.807) is 7.11 Å². The molecule has 1 saturated heterocycles. The van der Waals surface area contributed by atoms with Crippen LogP contribution in [-0.4, -0.2) is 80.6 Å². The van der Waals surface area contributed by atoms with Crippen LogP contribution in [0.3, 0.4) is 0 Å². The number of hydrogen-bond donors (Lipinski definition) is 0. The Hall–Kier alpha value is -1.50. The predicted octanol–water partition coefficient (Wildman–Crippen LogP) is 1.83. The van der Waals surface area contributed by atoms with Crippen LogP contribution in [0.25, 0.3) is 0 Å². The van der Waals surface area contributed by atoms with Crippen LogP contribution < -0.4 is 0 Å². The number of amides is 1. The zero-order valence-corrected chi connectivity index (χ0v) is 15.4. The standard InChI is InChI=1S/C19H30FN3O2/c1-21(9-4-14-25-2)16-19(24)23-11-3-10-22(12-13-23)15-17-5-7-18(20)8-6-17/h5-8H,3-4,9-16H2,1-2H3. The molecule has 0 bridgehead atoms. The summed E-state index contributed by atoms with van der Waals surface area (Å²) in [6.07, 6.45) is 1.91. The van der Waals surface area contributed by atoms with Crippen molar-refractivity contribution in [3.8, 4) is 0 Å². The molecule has 0 N–H and O–H groups in total. The molecule has 1 fully saturated rings. The van der Waals surface area contributed by atoms with Crippen molar-refractivity contribution in [2.75, 3.05) is 60.0 Å². The molecule has 0 spiro atoms. The lowest BCUT2D eigenvalue weighted by molar-refractivity contribution is -0.132. The molecule has 0 aliphatic carbocycles. The normalized spacial score (nSPS) is 16.2. The molecule has 25 heavy (non-hydrogen) atoms. The largest absolute Gasteiger partial charge is 0.385 e. The van der Waals surface area contributed by atoms with Gasteiger partial charge in [0.2, 0.25) is 5.91 Å². The second-order valence-electron chi connectivity index (χ2n) is 6.72. The van der Waals surface area contributed by atoms with E-state index in [9.17, 15) is 9.18 Å². The van der Waals surface area contributed by atoms with Crippen LogP contribution in [0.2, 0.25) is 0 Å². The van der Waals surface area contributed by atoms with E-state index in [2.05, 4.69) is 9.80 Å². The average Bonchev–Trinajstić information content (AvgIpc) is 2.83. The van der Waals surface area contributed by atoms with Gasteiger partial charge in [-0.25, -0.2) is 4.39 Å². The Morgan fingerprint density at radius 3 is 2.68 bits per heavy atom. The summed E-state index contributed by atoms with van der Waals surface area (Å²) in [6.45, 7) is 6.24. The summed E-state index contributed by atoms with van der Waals surface area (Å²) in [6, 6.07) is 6.67. The van der Waals surface area contributed by atoms with Crippen LogP contribution in [0.4, 0.5) is 4.39 Å². The first kappa shape index (κ1) is 19.8. The number of benzene rings is 1. The van der Waals surface area contributed by atoms with Gasteiger partial charge in [-0.2, -0.15) is 0 Å². The Kier molecular flexibility index (Phi) is 8.31. The van der Waals surface area contributed by atoms with Gasteiger partial charge in [0.25, 0.3) is 0 Å². The predicted molar refractivity (Wildman–Crippen MR) is 96.9 cm³/mol. The van der Waals surface area contributed by atoms with Crippen LogP contribution in [0.15, 0.2) is 24.3 Å². The van der Waals surface area contributed by atoms with E-state index in [1.807, 2.05) is 24.1 Å². The molecule has 0 aromatic heterocycles. The Morgan fingerprint density at radius 2 is 1.96 bits per heavy atom. The summed E-state index contributed by atoms with van der Waals surface area (Å²) >= 11 is 0. The maximum atomic E-state index is 13.0. The first-order chi connectivity index (χ1) is 12.1. The van der Waals surface area contributed by atoms with Crippen molar-refractivity contribution in [1.29, 1.82) is 0 Å². The quantitative estimate of drug-likeness (QED) is 0.670. The van der Waals surface area contributed by atoms with Gasteiger partial charge in [-0.05, 0) is 37.6 Å². The Balaban J connectivity index is 1.76. The zero-order chi connectivity index (χ0) is 18.1. The summed E-state index contributed by atoms with van der Waals surface area (Å²) in [5.41, 5.74) is 1.11. The maximum Gasteiger partial charge on any atom is 0.236 e. The van der Waals surface area contributed by atoms with Crippen molar-refractivity contribution in [2.45, 2.75) is 19.4 Å². The number of rotatable bonds is 8. The van der Waals surface area contributed by atoms with E-state index in [-0.39, 0.29) is 11.7 Å². The lowest BCUT2D eigenvalue weighted by atomic mass is 10.2. The molecule has 1 amide bonds. The van der Waals surface area contributed by atoms with Crippen LogP contribution in [-0.2, 0) is 16.1 Å². The van der Waals surface area contributed by atoms with E-state index in [0.717, 1.165) is 64.3 Å². The first-order valence-corrected chi connectivity index (χ1v) is 9.00. The molecule has 140 valence electrons. The lowest BCUT2D eigenvalue weighted by Crippen LogP contribution is -2.41. The molecule has 1 heterocycles. The van der Waals surface area contributed by atoms with Gasteiger partial charge in [0.1, 0.15) is 5.82 Å². The highest BCUT2D eigenvalue weighted by Crippen LogP contribution is 2.10. The fraction of sp³-hybridized carbons (Fsp3) is 0.632. The molecular weight excluding hydrogens is 321 g/mol. The molecule has 1 aromatic rings. The van der Waals surface area contributed by atoms with E-state index in [1.165, 1.54) is 12.1 Å². The summed E-state index contributed by atoms with van der Waals surface area (Å²) < 4.78 is 18.1. The first-order valence-electron chi connectivity index (χ1n) is 9.00. The third kappa shape index (κ3) is 7.10. The van der Waals surface area contributed by atoms with Crippen LogP contribution in [0.1, 0.15) is 18.4 Å². The third-order valence-corrected chi connectivity index (χ3v) is 4.55. The second kappa shape index (κ2) is 10.5. The fourth-order valence-corrected chi connectivity index (χ4v) is 3.12. The SMILES string of the molecule is COCCCN(C)CC(=O)N1CCCN(Cc2ccc(F)cc2)CC1. The summed E-state index contributed by atoms with van der Waals surface area (Å²) in [5.74, 6) is -0.00504. The highest BCUT2D eigenvalue weighted by molar-refractivity contribution is 5.78. The summed E-state index contributed by atoms with van der Waals surface area (Å²) in [4.78, 5) is 18.9. The Labute approximate surface area is 150 Å². The van der Waals surface area contributed by atoms with Crippen molar-refractivity contribution in [1.82, 2.24) is 14.7 Å². The molecule has 0 saturated carbocycles. The van der Waals surface area contributed by atoms with Gasteiger partial charge in [-0.3, -0.25) is 14.6 Å². The molecule has 0 atom stereocenters. The molecule has 1 aromatic carbocycles. The minimum atomic E-state index is -0.203. The minimum Gasteiger partial charge on any atom is -0.385 e. The van der Waals surface area contributed by atoms with Gasteiger partial charge in [-0.1, -0.05) is 12.1 Å². The van der Waals surface area contributed by atoms with Crippen molar-refractivity contribution < 1.29 is 13.9 Å². The Morgan fingerprint density at radius 1 is 1.20 bits per heavy atom. The van der Waals surface area contributed by atoms with Crippen LogP contribution in [0.5, 0.6) is 0 Å². The molecule has 5 nitrogen and oxygen atoms in total. The molecule has 2 rings (SSSR count). The van der Waals surface area contributed by atoms with Crippen molar-refractivity contribution in [3.63, 3.8) is 0 Å². The molecule has 0 radical (unpaired) electrons. The minimum absolute atomic E-state index is 0.198. The third-order valence-electron chi connectivity index (χ3n) is 4.55. The molecule has 1 aliphatic rings. The van der Waals surface area contributed by atoms with Crippen molar-refractivity contribution in [3.05, 3.63) is 35.6 Å². The molecule has 6 heteroatoms. The number of methoxy groups -OCH3 is 1. The highest BCUT2D eigenvalue weighted by Gasteiger charge is 2.20. The lowest BCUT2D eigenvalue weighted by Gasteiger charge is -2.24. The van der Waals surface area contributed by atoms with Gasteiger partial charge in [0, 0.05) is 53.0 Å². The van der Waals surface area contributed by atoms with Gasteiger partial charge < -0.3 is 9.64 Å². The number of carbonyl (C=O) groups excluding carboxylic acids is 1. The topological polar surface area (TPSA) is 36.0 Å². The number of likely N-dealkylation sites (N-methyl/N-ethyl adjacent to an activating group) is 1. The van der Waals surface area contributed by atoms with Gasteiger partial charge in [-0.15, -0.1) is 0 Å². The van der Waals surface area contributed by atoms with E-state index < -0.39 is 0 Å². The molecular formula is C19H30FN3O2. The van der Waals surface area contributed by atoms with Gasteiger partial charge >= 0.3 is 0 Å². The molecule has 1 aliphatic heterocycles. The van der Waals surface area contributed by atoms with Crippen molar-refractivity contribution in [2.24, 2.45) is 0 Å². The van der Waals surface area contributed by atoms with E-state index >= 15 is 0 Å². The average molecular weight is 351 g/mol. The zero-order valence-electron chi connectivity index (χ0n) is 15.4. The van der Waals surface area contributed by atoms with Gasteiger partial charge in [0.15, 0.2) is 0 Å². The van der Waals surface area contributed by atoms with Gasteiger partial charge in [0.05, 0.1) is 6.54 Å². The summed E-state index contributed by atoms with van der Waals surface area (Å²) in [7, 11) is 3.67. The van der Waals surface area contributed by atoms with E-state index in [0.29, 0.717) is 6.54 Å². The monoisotopic (exact) mass is 351 g/mol. The number of nitrogens with zero attached hydrogens (tertiary/aromatic N) is 3. The van der Waals surface area contributed by atoms with Crippen molar-refractivity contribution >= 4 is 5.91 Å². The smallest absolute Gasteiger partial charge is 0.236 e. The number of hydrogen-bond acceptors (Lipinski definition) is 4. The maximum absolute atomic E-state index is 13.0. The highest BCUT2D eigenvalue weighted by atomic mass is 19.1. The number of halogens is 1. The van der Waals surface area contributed by atoms with Crippen LogP contribution >= 0.6 is 0 Å². The number of ether oxygens (including phenoxy) is 1. The number of carbonyl (C=O) groups is 1. The van der Waals surface area contributed by atoms with E-state index in [4.69, 9.17) is 4.74 Å². The Bertz CT molecular complexity index is 524. The van der Waals surface area contributed by atoms with Crippen LogP contribution in [0, 0.1) is 5.82 Å². The fourth-order valence-electron chi connectivity index (χ4n) is 3.12. The second-order valence-corrected chi connectivity index (χ2v) is 6.72.